The summed E-state index contributed by atoms with van der Waals surface area (Å²) in [7, 11) is 0. The van der Waals surface area contributed by atoms with Crippen molar-refractivity contribution in [3.8, 4) is 0 Å². The number of pyridine rings is 1. The first-order valence-corrected chi connectivity index (χ1v) is 7.06. The monoisotopic (exact) mass is 285 g/mol. The summed E-state index contributed by atoms with van der Waals surface area (Å²) in [6.07, 6.45) is 4.98. The lowest BCUT2D eigenvalue weighted by atomic mass is 9.88. The van der Waals surface area contributed by atoms with Gasteiger partial charge in [-0.2, -0.15) is 0 Å². The summed E-state index contributed by atoms with van der Waals surface area (Å²) in [5.74, 6) is -0.0338. The van der Waals surface area contributed by atoms with E-state index < -0.39 is 5.60 Å². The molecule has 108 valence electrons. The number of aromatic nitrogens is 2. The van der Waals surface area contributed by atoms with Crippen molar-refractivity contribution in [2.24, 2.45) is 5.92 Å². The Bertz CT molecular complexity index is 788. The van der Waals surface area contributed by atoms with E-state index in [1.807, 2.05) is 0 Å². The first kappa shape index (κ1) is 12.5. The van der Waals surface area contributed by atoms with Gasteiger partial charge in [-0.1, -0.05) is 6.07 Å². The van der Waals surface area contributed by atoms with Gasteiger partial charge < -0.3 is 10.0 Å². The zero-order chi connectivity index (χ0) is 14.6. The average molecular weight is 285 g/mol. The van der Waals surface area contributed by atoms with Crippen molar-refractivity contribution < 1.29 is 9.90 Å². The molecule has 21 heavy (non-hydrogen) atoms. The van der Waals surface area contributed by atoms with Crippen LogP contribution >= 0.6 is 0 Å². The topological polar surface area (TPSA) is 74.9 Å². The van der Waals surface area contributed by atoms with E-state index in [-0.39, 0.29) is 17.0 Å². The normalized spacial score (nSPS) is 20.3. The fourth-order valence-electron chi connectivity index (χ4n) is 2.98. The number of nitrogens with zero attached hydrogens (tertiary/aromatic N) is 3. The maximum Gasteiger partial charge on any atom is 0.270 e. The van der Waals surface area contributed by atoms with Gasteiger partial charge in [0.1, 0.15) is 16.8 Å². The van der Waals surface area contributed by atoms with Crippen molar-refractivity contribution >= 4 is 11.6 Å². The Labute approximate surface area is 120 Å². The summed E-state index contributed by atoms with van der Waals surface area (Å²) < 4.78 is 1.36. The molecule has 6 heteroatoms. The molecular weight excluding hydrogens is 270 g/mol. The third-order valence-corrected chi connectivity index (χ3v) is 4.40. The number of aliphatic hydroxyl groups is 1. The highest BCUT2D eigenvalue weighted by atomic mass is 16.3. The maximum atomic E-state index is 12.4. The highest BCUT2D eigenvalue weighted by Crippen LogP contribution is 2.44. The van der Waals surface area contributed by atoms with E-state index in [1.54, 1.807) is 24.4 Å². The van der Waals surface area contributed by atoms with Gasteiger partial charge in [0.15, 0.2) is 0 Å². The Morgan fingerprint density at radius 3 is 2.81 bits per heavy atom. The first-order valence-electron chi connectivity index (χ1n) is 7.06. The van der Waals surface area contributed by atoms with Gasteiger partial charge in [0.2, 0.25) is 0 Å². The van der Waals surface area contributed by atoms with Crippen LogP contribution in [-0.2, 0) is 0 Å². The number of hydrogen-bond acceptors (Lipinski definition) is 4. The van der Waals surface area contributed by atoms with E-state index in [4.69, 9.17) is 0 Å². The van der Waals surface area contributed by atoms with E-state index in [9.17, 15) is 14.7 Å². The number of amides is 1. The molecule has 2 aliphatic rings. The summed E-state index contributed by atoms with van der Waals surface area (Å²) >= 11 is 0. The molecule has 0 unspecified atom stereocenters. The molecule has 6 nitrogen and oxygen atoms in total. The van der Waals surface area contributed by atoms with E-state index in [0.29, 0.717) is 24.7 Å². The molecule has 0 spiro atoms. The molecule has 1 saturated carbocycles. The van der Waals surface area contributed by atoms with Crippen molar-refractivity contribution in [2.75, 3.05) is 13.1 Å². The summed E-state index contributed by atoms with van der Waals surface area (Å²) in [6, 6.07) is 5.22. The van der Waals surface area contributed by atoms with Crippen molar-refractivity contribution in [3.05, 3.63) is 46.5 Å². The Kier molecular flexibility index (Phi) is 2.47. The van der Waals surface area contributed by atoms with E-state index in [2.05, 4.69) is 4.98 Å². The van der Waals surface area contributed by atoms with Gasteiger partial charge in [-0.15, -0.1) is 0 Å². The van der Waals surface area contributed by atoms with Crippen LogP contribution in [0.3, 0.4) is 0 Å². The first-order chi connectivity index (χ1) is 10.1. The SMILES string of the molecule is O=C(c1cnc2ccccn2c1=O)N1CC(O)(C2CC2)C1. The Hall–Kier alpha value is -2.21. The average Bonchev–Trinajstić information content (AvgIpc) is 3.29. The van der Waals surface area contributed by atoms with Crippen LogP contribution in [0.2, 0.25) is 0 Å². The second kappa shape index (κ2) is 4.14. The van der Waals surface area contributed by atoms with Crippen LogP contribution in [0.1, 0.15) is 23.2 Å². The van der Waals surface area contributed by atoms with E-state index >= 15 is 0 Å². The van der Waals surface area contributed by atoms with Gasteiger partial charge in [-0.3, -0.25) is 14.0 Å². The molecule has 1 saturated heterocycles. The van der Waals surface area contributed by atoms with Crippen molar-refractivity contribution in [3.63, 3.8) is 0 Å². The lowest BCUT2D eigenvalue weighted by molar-refractivity contribution is -0.0958. The minimum atomic E-state index is -0.740. The van der Waals surface area contributed by atoms with Crippen LogP contribution in [0.4, 0.5) is 0 Å². The molecule has 2 aromatic heterocycles. The molecule has 0 radical (unpaired) electrons. The quantitative estimate of drug-likeness (QED) is 0.860. The summed E-state index contributed by atoms with van der Waals surface area (Å²) in [5, 5.41) is 10.3. The van der Waals surface area contributed by atoms with Gasteiger partial charge in [0.25, 0.3) is 11.5 Å². The molecule has 1 aliphatic heterocycles. The Balaban J connectivity index is 1.63. The number of rotatable bonds is 2. The minimum absolute atomic E-state index is 0.0524. The molecule has 1 amide bonds. The molecular formula is C15H15N3O3. The maximum absolute atomic E-state index is 12.4. The minimum Gasteiger partial charge on any atom is -0.386 e. The molecule has 0 atom stereocenters. The highest BCUT2D eigenvalue weighted by molar-refractivity contribution is 5.94. The van der Waals surface area contributed by atoms with Crippen molar-refractivity contribution in [1.82, 2.24) is 14.3 Å². The number of β-amino-alcohol motifs (C(OH)–C–C–N with tert-alkyl or cyclic N) is 1. The molecule has 1 aliphatic carbocycles. The predicted molar refractivity (Wildman–Crippen MR) is 75.0 cm³/mol. The van der Waals surface area contributed by atoms with Crippen molar-refractivity contribution in [1.29, 1.82) is 0 Å². The summed E-state index contributed by atoms with van der Waals surface area (Å²) in [5.41, 5.74) is -0.544. The molecule has 4 rings (SSSR count). The third kappa shape index (κ3) is 1.86. The lowest BCUT2D eigenvalue weighted by Gasteiger charge is -2.46. The van der Waals surface area contributed by atoms with Crippen LogP contribution in [-0.4, -0.2) is 44.0 Å². The number of fused-ring (bicyclic) bond motifs is 1. The van der Waals surface area contributed by atoms with Gasteiger partial charge in [0.05, 0.1) is 13.1 Å². The largest absolute Gasteiger partial charge is 0.386 e. The van der Waals surface area contributed by atoms with Crippen LogP contribution < -0.4 is 5.56 Å². The Morgan fingerprint density at radius 2 is 2.10 bits per heavy atom. The predicted octanol–water partition coefficient (Wildman–Crippen LogP) is 0.291. The van der Waals surface area contributed by atoms with Crippen LogP contribution in [0.15, 0.2) is 35.4 Å². The highest BCUT2D eigenvalue weighted by Gasteiger charge is 2.53. The van der Waals surface area contributed by atoms with Gasteiger partial charge in [-0.25, -0.2) is 4.98 Å². The molecule has 0 bridgehead atoms. The zero-order valence-corrected chi connectivity index (χ0v) is 11.4. The van der Waals surface area contributed by atoms with Crippen molar-refractivity contribution in [2.45, 2.75) is 18.4 Å². The number of carbonyl (C=O) groups excluding carboxylic acids is 1. The van der Waals surface area contributed by atoms with Gasteiger partial charge in [-0.05, 0) is 30.9 Å². The van der Waals surface area contributed by atoms with E-state index in [1.165, 1.54) is 15.5 Å². The smallest absolute Gasteiger partial charge is 0.270 e. The van der Waals surface area contributed by atoms with Crippen LogP contribution in [0.5, 0.6) is 0 Å². The lowest BCUT2D eigenvalue weighted by Crippen LogP contribution is -2.65. The number of carbonyl (C=O) groups is 1. The molecule has 0 aromatic carbocycles. The molecule has 1 N–H and O–H groups in total. The van der Waals surface area contributed by atoms with Crippen LogP contribution in [0, 0.1) is 5.92 Å². The molecule has 2 aromatic rings. The van der Waals surface area contributed by atoms with Gasteiger partial charge >= 0.3 is 0 Å². The zero-order valence-electron chi connectivity index (χ0n) is 11.4. The number of hydrogen-bond donors (Lipinski definition) is 1. The van der Waals surface area contributed by atoms with Crippen LogP contribution in [0.25, 0.3) is 5.65 Å². The summed E-state index contributed by atoms with van der Waals surface area (Å²) in [4.78, 5) is 30.4. The summed E-state index contributed by atoms with van der Waals surface area (Å²) in [6.45, 7) is 0.626. The number of likely N-dealkylation sites (tertiary alicyclic amines) is 1. The van der Waals surface area contributed by atoms with Gasteiger partial charge in [0, 0.05) is 12.4 Å². The Morgan fingerprint density at radius 1 is 1.33 bits per heavy atom. The molecule has 2 fully saturated rings. The fraction of sp³-hybridized carbons (Fsp3) is 0.400. The standard InChI is InChI=1S/C15H15N3O3/c19-13(17-8-15(21,9-17)10-4-5-10)11-7-16-12-3-1-2-6-18(12)14(11)20/h1-3,6-7,10,21H,4-5,8-9H2. The molecule has 3 heterocycles. The second-order valence-electron chi connectivity index (χ2n) is 5.94. The van der Waals surface area contributed by atoms with E-state index in [0.717, 1.165) is 12.8 Å². The third-order valence-electron chi connectivity index (χ3n) is 4.40. The fourth-order valence-corrected chi connectivity index (χ4v) is 2.98. The second-order valence-corrected chi connectivity index (χ2v) is 5.94.